The molecule has 1 N–H and O–H groups in total. The molecule has 2 aromatic rings. The Morgan fingerprint density at radius 3 is 2.71 bits per heavy atom. The highest BCUT2D eigenvalue weighted by Gasteiger charge is 2.35. The molecule has 0 bridgehead atoms. The molecule has 5 heteroatoms. The number of nitrogens with zero attached hydrogens (tertiary/aromatic N) is 1. The molecule has 1 aliphatic heterocycles. The number of halogens is 1. The van der Waals surface area contributed by atoms with Crippen molar-refractivity contribution in [2.45, 2.75) is 32.4 Å². The van der Waals surface area contributed by atoms with Gasteiger partial charge < -0.3 is 10.2 Å². The number of aryl methyl sites for hydroxylation is 1. The van der Waals surface area contributed by atoms with E-state index in [1.165, 1.54) is 0 Å². The Balaban J connectivity index is 1.72. The van der Waals surface area contributed by atoms with Crippen LogP contribution >= 0.6 is 11.6 Å². The van der Waals surface area contributed by atoms with Gasteiger partial charge in [0.15, 0.2) is 0 Å². The number of carbonyl (C=O) groups is 2. The molecule has 2 amide bonds. The summed E-state index contributed by atoms with van der Waals surface area (Å²) in [5.41, 5.74) is 2.62. The molecule has 4 nitrogen and oxygen atoms in total. The predicted octanol–water partition coefficient (Wildman–Crippen LogP) is 3.78. The number of benzene rings is 2. The molecule has 1 saturated heterocycles. The van der Waals surface area contributed by atoms with Gasteiger partial charge in [-0.3, -0.25) is 9.59 Å². The fourth-order valence-corrected chi connectivity index (χ4v) is 3.06. The van der Waals surface area contributed by atoms with Crippen LogP contribution in [0.5, 0.6) is 0 Å². The zero-order chi connectivity index (χ0) is 17.1. The Morgan fingerprint density at radius 1 is 1.25 bits per heavy atom. The van der Waals surface area contributed by atoms with E-state index in [0.717, 1.165) is 11.1 Å². The van der Waals surface area contributed by atoms with Crippen LogP contribution in [0.1, 0.15) is 24.0 Å². The monoisotopic (exact) mass is 342 g/mol. The lowest BCUT2D eigenvalue weighted by molar-refractivity contribution is -0.133. The Bertz CT molecular complexity index is 761. The van der Waals surface area contributed by atoms with Crippen molar-refractivity contribution in [2.24, 2.45) is 0 Å². The number of nitrogens with one attached hydrogen (secondary N) is 1. The standard InChI is InChI=1S/C19H19ClN2O2/c1-13-7-8-15(11-16(13)20)21-19(24)17-9-10-18(23)22(17)12-14-5-3-2-4-6-14/h2-8,11,17H,9-10,12H2,1H3,(H,21,24). The van der Waals surface area contributed by atoms with Crippen LogP contribution in [0.4, 0.5) is 5.69 Å². The molecule has 0 aliphatic carbocycles. The maximum atomic E-state index is 12.6. The average molecular weight is 343 g/mol. The minimum Gasteiger partial charge on any atom is -0.326 e. The van der Waals surface area contributed by atoms with Crippen LogP contribution in [-0.4, -0.2) is 22.8 Å². The van der Waals surface area contributed by atoms with Crippen LogP contribution in [0.15, 0.2) is 48.5 Å². The van der Waals surface area contributed by atoms with Gasteiger partial charge in [-0.2, -0.15) is 0 Å². The van der Waals surface area contributed by atoms with Gasteiger partial charge in [0, 0.05) is 23.7 Å². The lowest BCUT2D eigenvalue weighted by Crippen LogP contribution is -2.41. The smallest absolute Gasteiger partial charge is 0.247 e. The van der Waals surface area contributed by atoms with Crippen molar-refractivity contribution >= 4 is 29.1 Å². The third-order valence-corrected chi connectivity index (χ3v) is 4.67. The molecule has 0 radical (unpaired) electrons. The first-order chi connectivity index (χ1) is 11.5. The average Bonchev–Trinajstić information content (AvgIpc) is 2.93. The zero-order valence-electron chi connectivity index (χ0n) is 13.5. The van der Waals surface area contributed by atoms with Crippen molar-refractivity contribution in [3.8, 4) is 0 Å². The highest BCUT2D eigenvalue weighted by molar-refractivity contribution is 6.31. The van der Waals surface area contributed by atoms with Crippen LogP contribution in [0.3, 0.4) is 0 Å². The second-order valence-corrected chi connectivity index (χ2v) is 6.42. The van der Waals surface area contributed by atoms with Crippen molar-refractivity contribution < 1.29 is 9.59 Å². The molecule has 0 spiro atoms. The van der Waals surface area contributed by atoms with Crippen LogP contribution in [-0.2, 0) is 16.1 Å². The summed E-state index contributed by atoms with van der Waals surface area (Å²) >= 11 is 6.10. The molecule has 1 fully saturated rings. The second kappa shape index (κ2) is 7.05. The minimum absolute atomic E-state index is 0.0148. The fourth-order valence-electron chi connectivity index (χ4n) is 2.88. The molecule has 3 rings (SSSR count). The summed E-state index contributed by atoms with van der Waals surface area (Å²) in [6.45, 7) is 2.36. The molecule has 1 heterocycles. The summed E-state index contributed by atoms with van der Waals surface area (Å²) in [5, 5.41) is 3.48. The van der Waals surface area contributed by atoms with Gasteiger partial charge >= 0.3 is 0 Å². The molecule has 1 atom stereocenters. The molecule has 1 aliphatic rings. The molecule has 124 valence electrons. The third kappa shape index (κ3) is 3.60. The molecule has 0 aromatic heterocycles. The Labute approximate surface area is 146 Å². The summed E-state index contributed by atoms with van der Waals surface area (Å²) in [4.78, 5) is 26.4. The van der Waals surface area contributed by atoms with Gasteiger partial charge in [-0.25, -0.2) is 0 Å². The van der Waals surface area contributed by atoms with Crippen molar-refractivity contribution in [1.29, 1.82) is 0 Å². The molecule has 24 heavy (non-hydrogen) atoms. The topological polar surface area (TPSA) is 49.4 Å². The van der Waals surface area contributed by atoms with E-state index in [0.29, 0.717) is 30.1 Å². The van der Waals surface area contributed by atoms with Crippen LogP contribution < -0.4 is 5.32 Å². The highest BCUT2D eigenvalue weighted by Crippen LogP contribution is 2.24. The first-order valence-corrected chi connectivity index (χ1v) is 8.33. The van der Waals surface area contributed by atoms with Gasteiger partial charge in [0.25, 0.3) is 0 Å². The van der Waals surface area contributed by atoms with E-state index in [9.17, 15) is 9.59 Å². The van der Waals surface area contributed by atoms with E-state index in [1.54, 1.807) is 11.0 Å². The molecular weight excluding hydrogens is 324 g/mol. The number of amides is 2. The van der Waals surface area contributed by atoms with Gasteiger partial charge in [0.2, 0.25) is 11.8 Å². The van der Waals surface area contributed by atoms with E-state index in [2.05, 4.69) is 5.32 Å². The van der Waals surface area contributed by atoms with Crippen molar-refractivity contribution in [1.82, 2.24) is 4.90 Å². The summed E-state index contributed by atoms with van der Waals surface area (Å²) in [6.07, 6.45) is 0.941. The van der Waals surface area contributed by atoms with E-state index in [4.69, 9.17) is 11.6 Å². The normalized spacial score (nSPS) is 17.2. The van der Waals surface area contributed by atoms with Crippen LogP contribution in [0.25, 0.3) is 0 Å². The maximum Gasteiger partial charge on any atom is 0.247 e. The Morgan fingerprint density at radius 2 is 2.00 bits per heavy atom. The number of likely N-dealkylation sites (tertiary alicyclic amines) is 1. The summed E-state index contributed by atoms with van der Waals surface area (Å²) < 4.78 is 0. The maximum absolute atomic E-state index is 12.6. The van der Waals surface area contributed by atoms with E-state index in [1.807, 2.05) is 49.4 Å². The molecule has 2 aromatic carbocycles. The zero-order valence-corrected chi connectivity index (χ0v) is 14.2. The lowest BCUT2D eigenvalue weighted by atomic mass is 10.1. The number of carbonyl (C=O) groups excluding carboxylic acids is 2. The first kappa shape index (κ1) is 16.5. The van der Waals surface area contributed by atoms with Gasteiger partial charge in [-0.05, 0) is 36.6 Å². The molecular formula is C19H19ClN2O2. The van der Waals surface area contributed by atoms with Crippen LogP contribution in [0, 0.1) is 6.92 Å². The Kier molecular flexibility index (Phi) is 4.86. The summed E-state index contributed by atoms with van der Waals surface area (Å²) in [5.74, 6) is -0.155. The van der Waals surface area contributed by atoms with Gasteiger partial charge in [0.1, 0.15) is 6.04 Å². The third-order valence-electron chi connectivity index (χ3n) is 4.27. The fraction of sp³-hybridized carbons (Fsp3) is 0.263. The molecule has 0 saturated carbocycles. The number of rotatable bonds is 4. The largest absolute Gasteiger partial charge is 0.326 e. The first-order valence-electron chi connectivity index (χ1n) is 7.95. The second-order valence-electron chi connectivity index (χ2n) is 6.01. The highest BCUT2D eigenvalue weighted by atomic mass is 35.5. The van der Waals surface area contributed by atoms with E-state index >= 15 is 0 Å². The SMILES string of the molecule is Cc1ccc(NC(=O)C2CCC(=O)N2Cc2ccccc2)cc1Cl. The van der Waals surface area contributed by atoms with Gasteiger partial charge in [-0.15, -0.1) is 0 Å². The van der Waals surface area contributed by atoms with Gasteiger partial charge in [-0.1, -0.05) is 48.0 Å². The van der Waals surface area contributed by atoms with Gasteiger partial charge in [0.05, 0.1) is 0 Å². The quantitative estimate of drug-likeness (QED) is 0.919. The van der Waals surface area contributed by atoms with Crippen molar-refractivity contribution in [2.75, 3.05) is 5.32 Å². The number of anilines is 1. The summed E-state index contributed by atoms with van der Waals surface area (Å²) in [6, 6.07) is 14.7. The summed E-state index contributed by atoms with van der Waals surface area (Å²) in [7, 11) is 0. The lowest BCUT2D eigenvalue weighted by Gasteiger charge is -2.24. The van der Waals surface area contributed by atoms with Crippen molar-refractivity contribution in [3.63, 3.8) is 0 Å². The number of hydrogen-bond donors (Lipinski definition) is 1. The van der Waals surface area contributed by atoms with E-state index in [-0.39, 0.29) is 11.8 Å². The number of hydrogen-bond acceptors (Lipinski definition) is 2. The van der Waals surface area contributed by atoms with E-state index < -0.39 is 6.04 Å². The Hall–Kier alpha value is -2.33. The minimum atomic E-state index is -0.446. The predicted molar refractivity (Wildman–Crippen MR) is 94.8 cm³/mol. The molecule has 1 unspecified atom stereocenters. The van der Waals surface area contributed by atoms with Crippen molar-refractivity contribution in [3.05, 3.63) is 64.7 Å². The van der Waals surface area contributed by atoms with Crippen LogP contribution in [0.2, 0.25) is 5.02 Å².